The van der Waals surface area contributed by atoms with Crippen LogP contribution in [-0.4, -0.2) is 38.0 Å². The van der Waals surface area contributed by atoms with Gasteiger partial charge in [-0.3, -0.25) is 0 Å². The van der Waals surface area contributed by atoms with Crippen molar-refractivity contribution in [3.63, 3.8) is 0 Å². The number of hydrogen-bond acceptors (Lipinski definition) is 5. The van der Waals surface area contributed by atoms with E-state index in [4.69, 9.17) is 18.9 Å². The third-order valence-corrected chi connectivity index (χ3v) is 3.07. The van der Waals surface area contributed by atoms with E-state index < -0.39 is 12.4 Å². The van der Waals surface area contributed by atoms with Crippen molar-refractivity contribution in [2.45, 2.75) is 18.3 Å². The van der Waals surface area contributed by atoms with Crippen LogP contribution in [0, 0.1) is 0 Å². The Bertz CT molecular complexity index is 419. The minimum Gasteiger partial charge on any atom is -0.467 e. The van der Waals surface area contributed by atoms with Gasteiger partial charge in [0.25, 0.3) is 0 Å². The number of hydrogen-bond donors (Lipinski definition) is 1. The first kappa shape index (κ1) is 10.8. The molecular weight excluding hydrogens is 224 g/mol. The molecule has 1 N–H and O–H groups in total. The summed E-state index contributed by atoms with van der Waals surface area (Å²) in [5.74, 6) is 1.23. The molecule has 0 bridgehead atoms. The molecule has 17 heavy (non-hydrogen) atoms. The number of ether oxygens (including phenoxy) is 4. The maximum atomic E-state index is 9.90. The molecule has 1 unspecified atom stereocenters. The van der Waals surface area contributed by atoms with Crippen molar-refractivity contribution in [3.05, 3.63) is 23.8 Å². The van der Waals surface area contributed by atoms with Crippen molar-refractivity contribution < 1.29 is 24.1 Å². The Kier molecular flexibility index (Phi) is 2.66. The molecule has 0 saturated carbocycles. The van der Waals surface area contributed by atoms with Gasteiger partial charge in [0.05, 0.1) is 18.6 Å². The van der Waals surface area contributed by atoms with Gasteiger partial charge in [-0.1, -0.05) is 6.07 Å². The van der Waals surface area contributed by atoms with Crippen LogP contribution in [0.1, 0.15) is 11.5 Å². The van der Waals surface area contributed by atoms with Crippen molar-refractivity contribution in [1.82, 2.24) is 0 Å². The van der Waals surface area contributed by atoms with Crippen LogP contribution in [-0.2, 0) is 9.47 Å². The van der Waals surface area contributed by atoms with Crippen LogP contribution < -0.4 is 9.47 Å². The van der Waals surface area contributed by atoms with Gasteiger partial charge in [-0.15, -0.1) is 0 Å². The number of methoxy groups -OCH3 is 1. The van der Waals surface area contributed by atoms with Crippen LogP contribution in [0.4, 0.5) is 0 Å². The van der Waals surface area contributed by atoms with E-state index in [2.05, 4.69) is 0 Å². The van der Waals surface area contributed by atoms with Crippen molar-refractivity contribution in [2.24, 2.45) is 0 Å². The Balaban J connectivity index is 1.96. The fraction of sp³-hybridized carbons (Fsp3) is 0.500. The van der Waals surface area contributed by atoms with Gasteiger partial charge in [0.2, 0.25) is 6.29 Å². The lowest BCUT2D eigenvalue weighted by atomic mass is 9.95. The smallest absolute Gasteiger partial charge is 0.209 e. The molecule has 1 saturated heterocycles. The highest BCUT2D eigenvalue weighted by molar-refractivity contribution is 5.51. The molecule has 3 atom stereocenters. The average molecular weight is 238 g/mol. The van der Waals surface area contributed by atoms with Crippen LogP contribution in [0.3, 0.4) is 0 Å². The zero-order chi connectivity index (χ0) is 11.8. The molecule has 5 heteroatoms. The summed E-state index contributed by atoms with van der Waals surface area (Å²) in [6.45, 7) is 0.470. The summed E-state index contributed by atoms with van der Waals surface area (Å²) in [5.41, 5.74) is 0.875. The van der Waals surface area contributed by atoms with E-state index in [-0.39, 0.29) is 12.7 Å². The predicted octanol–water partition coefficient (Wildman–Crippen LogP) is 0.862. The van der Waals surface area contributed by atoms with Crippen molar-refractivity contribution >= 4 is 0 Å². The summed E-state index contributed by atoms with van der Waals surface area (Å²) in [4.78, 5) is 0. The largest absolute Gasteiger partial charge is 0.467 e. The number of rotatable bonds is 3. The molecule has 2 aliphatic rings. The van der Waals surface area contributed by atoms with E-state index in [1.165, 1.54) is 0 Å². The fourth-order valence-corrected chi connectivity index (χ4v) is 2.35. The molecule has 1 aromatic rings. The molecule has 0 amide bonds. The van der Waals surface area contributed by atoms with Crippen LogP contribution in [0.2, 0.25) is 0 Å². The number of fused-ring (bicyclic) bond motifs is 3. The lowest BCUT2D eigenvalue weighted by molar-refractivity contribution is -0.0348. The maximum absolute atomic E-state index is 9.90. The Hall–Kier alpha value is -1.30. The first-order chi connectivity index (χ1) is 8.31. The SMILES string of the molecule is COCOc1cccc2c1[C@@H]1C(O)CO[C@@H]1O2. The van der Waals surface area contributed by atoms with Crippen LogP contribution in [0.15, 0.2) is 18.2 Å². The van der Waals surface area contributed by atoms with Gasteiger partial charge >= 0.3 is 0 Å². The lowest BCUT2D eigenvalue weighted by Gasteiger charge is -2.13. The highest BCUT2D eigenvalue weighted by atomic mass is 16.7. The van der Waals surface area contributed by atoms with E-state index in [1.54, 1.807) is 7.11 Å². The summed E-state index contributed by atoms with van der Waals surface area (Å²) in [7, 11) is 1.57. The van der Waals surface area contributed by atoms with Crippen molar-refractivity contribution in [3.8, 4) is 11.5 Å². The normalized spacial score (nSPS) is 29.6. The van der Waals surface area contributed by atoms with Gasteiger partial charge in [-0.25, -0.2) is 0 Å². The second-order valence-electron chi connectivity index (χ2n) is 4.13. The molecule has 1 fully saturated rings. The number of aliphatic hydroxyl groups is 1. The minimum atomic E-state index is -0.548. The summed E-state index contributed by atoms with van der Waals surface area (Å²) in [6.07, 6.45) is -0.944. The van der Waals surface area contributed by atoms with Gasteiger partial charge in [0.15, 0.2) is 6.79 Å². The molecule has 0 aromatic heterocycles. The summed E-state index contributed by atoms with van der Waals surface area (Å²) < 4.78 is 21.4. The van der Waals surface area contributed by atoms with E-state index in [0.29, 0.717) is 18.1 Å². The van der Waals surface area contributed by atoms with Gasteiger partial charge in [-0.2, -0.15) is 0 Å². The Morgan fingerprint density at radius 2 is 2.35 bits per heavy atom. The van der Waals surface area contributed by atoms with Gasteiger partial charge in [0, 0.05) is 12.7 Å². The minimum absolute atomic E-state index is 0.168. The maximum Gasteiger partial charge on any atom is 0.209 e. The van der Waals surface area contributed by atoms with Crippen LogP contribution in [0.5, 0.6) is 11.5 Å². The average Bonchev–Trinajstić information content (AvgIpc) is 2.87. The van der Waals surface area contributed by atoms with E-state index in [9.17, 15) is 5.11 Å². The summed E-state index contributed by atoms with van der Waals surface area (Å²) >= 11 is 0. The van der Waals surface area contributed by atoms with Crippen molar-refractivity contribution in [1.29, 1.82) is 0 Å². The molecule has 2 heterocycles. The second-order valence-corrected chi connectivity index (χ2v) is 4.13. The fourth-order valence-electron chi connectivity index (χ4n) is 2.35. The van der Waals surface area contributed by atoms with Gasteiger partial charge in [-0.05, 0) is 12.1 Å². The number of aliphatic hydroxyl groups excluding tert-OH is 1. The molecule has 1 aromatic carbocycles. The molecule has 92 valence electrons. The monoisotopic (exact) mass is 238 g/mol. The van der Waals surface area contributed by atoms with E-state index in [1.807, 2.05) is 18.2 Å². The predicted molar refractivity (Wildman–Crippen MR) is 58.1 cm³/mol. The third kappa shape index (κ3) is 1.67. The highest BCUT2D eigenvalue weighted by Gasteiger charge is 2.47. The Labute approximate surface area is 98.9 Å². The highest BCUT2D eigenvalue weighted by Crippen LogP contribution is 2.48. The lowest BCUT2D eigenvalue weighted by Crippen LogP contribution is -2.20. The molecular formula is C12H14O5. The van der Waals surface area contributed by atoms with Crippen LogP contribution >= 0.6 is 0 Å². The van der Waals surface area contributed by atoms with E-state index >= 15 is 0 Å². The Morgan fingerprint density at radius 3 is 3.18 bits per heavy atom. The first-order valence-electron chi connectivity index (χ1n) is 5.52. The molecule has 5 nitrogen and oxygen atoms in total. The van der Waals surface area contributed by atoms with E-state index in [0.717, 1.165) is 5.56 Å². The van der Waals surface area contributed by atoms with Crippen molar-refractivity contribution in [2.75, 3.05) is 20.5 Å². The zero-order valence-electron chi connectivity index (χ0n) is 9.46. The quantitative estimate of drug-likeness (QED) is 0.791. The molecule has 3 rings (SSSR count). The second kappa shape index (κ2) is 4.18. The van der Waals surface area contributed by atoms with Gasteiger partial charge < -0.3 is 24.1 Å². The molecule has 2 aliphatic heterocycles. The number of benzene rings is 1. The summed E-state index contributed by atoms with van der Waals surface area (Å²) in [6, 6.07) is 5.54. The standard InChI is InChI=1S/C12H14O5/c1-14-6-16-8-3-2-4-9-11(8)10-7(13)5-15-12(10)17-9/h2-4,7,10,12-13H,5-6H2,1H3/t7?,10-,12+/m0/s1. The topological polar surface area (TPSA) is 57.2 Å². The molecule has 0 spiro atoms. The first-order valence-corrected chi connectivity index (χ1v) is 5.52. The summed E-state index contributed by atoms with van der Waals surface area (Å²) in [5, 5.41) is 9.90. The Morgan fingerprint density at radius 1 is 1.47 bits per heavy atom. The third-order valence-electron chi connectivity index (χ3n) is 3.07. The zero-order valence-corrected chi connectivity index (χ0v) is 9.46. The van der Waals surface area contributed by atoms with Crippen LogP contribution in [0.25, 0.3) is 0 Å². The molecule has 0 aliphatic carbocycles. The van der Waals surface area contributed by atoms with Gasteiger partial charge in [0.1, 0.15) is 11.5 Å². The molecule has 0 radical (unpaired) electrons.